The lowest BCUT2D eigenvalue weighted by molar-refractivity contribution is 0.249. The number of ether oxygens (including phenoxy) is 1. The van der Waals surface area contributed by atoms with Crippen molar-refractivity contribution in [3.8, 4) is 5.75 Å². The number of rotatable bonds is 8. The molecule has 0 fully saturated rings. The number of nitrogens with one attached hydrogen (secondary N) is 2. The number of amides is 2. The van der Waals surface area contributed by atoms with E-state index in [1.807, 2.05) is 24.3 Å². The molecule has 0 radical (unpaired) electrons. The Morgan fingerprint density at radius 3 is 2.67 bits per heavy atom. The van der Waals surface area contributed by atoms with Gasteiger partial charge in [0.1, 0.15) is 12.4 Å². The highest BCUT2D eigenvalue weighted by atomic mass is 16.5. The molecule has 0 spiro atoms. The maximum absolute atomic E-state index is 10.4. The topological polar surface area (TPSA) is 76.4 Å². The third kappa shape index (κ3) is 5.91. The first-order valence-corrected chi connectivity index (χ1v) is 5.79. The molecule has 5 nitrogen and oxygen atoms in total. The van der Waals surface area contributed by atoms with Gasteiger partial charge in [-0.05, 0) is 17.7 Å². The predicted octanol–water partition coefficient (Wildman–Crippen LogP) is 1.01. The molecule has 1 aromatic carbocycles. The van der Waals surface area contributed by atoms with Crippen LogP contribution in [0.3, 0.4) is 0 Å². The Balaban J connectivity index is 2.22. The fourth-order valence-corrected chi connectivity index (χ4v) is 1.37. The van der Waals surface area contributed by atoms with Gasteiger partial charge < -0.3 is 21.1 Å². The quantitative estimate of drug-likeness (QED) is 0.475. The minimum atomic E-state index is -0.500. The maximum Gasteiger partial charge on any atom is 0.312 e. The van der Waals surface area contributed by atoms with Crippen LogP contribution in [-0.2, 0) is 6.54 Å². The van der Waals surface area contributed by atoms with Gasteiger partial charge >= 0.3 is 6.03 Å². The number of nitrogens with two attached hydrogens (primary N) is 1. The van der Waals surface area contributed by atoms with Gasteiger partial charge in [0.15, 0.2) is 0 Å². The van der Waals surface area contributed by atoms with Crippen LogP contribution in [-0.4, -0.2) is 25.7 Å². The maximum atomic E-state index is 10.4. The van der Waals surface area contributed by atoms with Gasteiger partial charge in [-0.15, -0.1) is 0 Å². The smallest absolute Gasteiger partial charge is 0.312 e. The van der Waals surface area contributed by atoms with Gasteiger partial charge in [-0.1, -0.05) is 24.8 Å². The summed E-state index contributed by atoms with van der Waals surface area (Å²) in [6, 6.07) is 7.32. The van der Waals surface area contributed by atoms with E-state index in [1.54, 1.807) is 6.08 Å². The highest BCUT2D eigenvalue weighted by molar-refractivity contribution is 5.71. The van der Waals surface area contributed by atoms with E-state index in [4.69, 9.17) is 10.5 Å². The van der Waals surface area contributed by atoms with Crippen LogP contribution in [0.15, 0.2) is 36.9 Å². The number of urea groups is 1. The van der Waals surface area contributed by atoms with Crippen LogP contribution < -0.4 is 21.1 Å². The standard InChI is InChI=1S/C13H19N3O2/c1-2-9-18-12-5-3-11(4-6-12)10-15-7-8-16-13(14)17/h2-6,15H,1,7-10H2,(H3,14,16,17). The van der Waals surface area contributed by atoms with Crippen molar-refractivity contribution in [3.05, 3.63) is 42.5 Å². The molecule has 4 N–H and O–H groups in total. The first-order chi connectivity index (χ1) is 8.72. The highest BCUT2D eigenvalue weighted by Crippen LogP contribution is 2.11. The fourth-order valence-electron chi connectivity index (χ4n) is 1.37. The molecule has 0 saturated heterocycles. The summed E-state index contributed by atoms with van der Waals surface area (Å²) >= 11 is 0. The molecule has 1 rings (SSSR count). The summed E-state index contributed by atoms with van der Waals surface area (Å²) in [7, 11) is 0. The van der Waals surface area contributed by atoms with Gasteiger partial charge in [0.05, 0.1) is 0 Å². The Hall–Kier alpha value is -2.01. The van der Waals surface area contributed by atoms with Crippen LogP contribution in [0.5, 0.6) is 5.75 Å². The van der Waals surface area contributed by atoms with E-state index in [9.17, 15) is 4.79 Å². The second-order valence-electron chi connectivity index (χ2n) is 3.71. The SMILES string of the molecule is C=CCOc1ccc(CNCCNC(N)=O)cc1. The summed E-state index contributed by atoms with van der Waals surface area (Å²) in [6.45, 7) is 6.04. The lowest BCUT2D eigenvalue weighted by Crippen LogP contribution is -2.35. The van der Waals surface area contributed by atoms with Gasteiger partial charge in [0.25, 0.3) is 0 Å². The molecule has 2 amide bonds. The number of hydrogen-bond acceptors (Lipinski definition) is 3. The van der Waals surface area contributed by atoms with Crippen molar-refractivity contribution in [1.29, 1.82) is 0 Å². The zero-order chi connectivity index (χ0) is 13.2. The van der Waals surface area contributed by atoms with Crippen LogP contribution in [0, 0.1) is 0 Å². The minimum absolute atomic E-state index is 0.500. The first kappa shape index (κ1) is 14.1. The van der Waals surface area contributed by atoms with E-state index in [1.165, 1.54) is 0 Å². The molecule has 0 aliphatic rings. The summed E-state index contributed by atoms with van der Waals surface area (Å²) in [4.78, 5) is 10.4. The van der Waals surface area contributed by atoms with Crippen molar-refractivity contribution in [2.45, 2.75) is 6.54 Å². The van der Waals surface area contributed by atoms with E-state index >= 15 is 0 Å². The lowest BCUT2D eigenvalue weighted by Gasteiger charge is -2.07. The average molecular weight is 249 g/mol. The summed E-state index contributed by atoms with van der Waals surface area (Å²) in [5.74, 6) is 0.828. The predicted molar refractivity (Wildman–Crippen MR) is 71.4 cm³/mol. The third-order valence-corrected chi connectivity index (χ3v) is 2.22. The van der Waals surface area contributed by atoms with Crippen LogP contribution in [0.4, 0.5) is 4.79 Å². The van der Waals surface area contributed by atoms with E-state index in [-0.39, 0.29) is 0 Å². The number of primary amides is 1. The number of benzene rings is 1. The first-order valence-electron chi connectivity index (χ1n) is 5.79. The van der Waals surface area contributed by atoms with E-state index in [0.717, 1.165) is 17.9 Å². The molecule has 0 bridgehead atoms. The summed E-state index contributed by atoms with van der Waals surface area (Å²) < 4.78 is 5.38. The monoisotopic (exact) mass is 249 g/mol. The van der Waals surface area contributed by atoms with Crippen molar-refractivity contribution in [2.24, 2.45) is 5.73 Å². The Labute approximate surface area is 107 Å². The molecular weight excluding hydrogens is 230 g/mol. The molecular formula is C13H19N3O2. The van der Waals surface area contributed by atoms with Crippen molar-refractivity contribution in [3.63, 3.8) is 0 Å². The van der Waals surface area contributed by atoms with Crippen LogP contribution in [0.1, 0.15) is 5.56 Å². The Bertz CT molecular complexity index is 376. The second kappa shape index (κ2) is 8.14. The largest absolute Gasteiger partial charge is 0.490 e. The molecule has 18 heavy (non-hydrogen) atoms. The molecule has 0 unspecified atom stereocenters. The van der Waals surface area contributed by atoms with Gasteiger partial charge in [-0.3, -0.25) is 0 Å². The zero-order valence-corrected chi connectivity index (χ0v) is 10.3. The van der Waals surface area contributed by atoms with Gasteiger partial charge in [-0.2, -0.15) is 0 Å². The Morgan fingerprint density at radius 2 is 2.06 bits per heavy atom. The summed E-state index contributed by atoms with van der Waals surface area (Å²) in [6.07, 6.45) is 1.71. The van der Waals surface area contributed by atoms with Crippen molar-refractivity contribution >= 4 is 6.03 Å². The molecule has 0 atom stereocenters. The molecule has 1 aromatic rings. The molecule has 0 aliphatic carbocycles. The van der Waals surface area contributed by atoms with Crippen LogP contribution >= 0.6 is 0 Å². The number of carbonyl (C=O) groups excluding carboxylic acids is 1. The van der Waals surface area contributed by atoms with Crippen molar-refractivity contribution in [1.82, 2.24) is 10.6 Å². The lowest BCUT2D eigenvalue weighted by atomic mass is 10.2. The minimum Gasteiger partial charge on any atom is -0.490 e. The van der Waals surface area contributed by atoms with Crippen LogP contribution in [0.2, 0.25) is 0 Å². The highest BCUT2D eigenvalue weighted by Gasteiger charge is 1.95. The normalized spacial score (nSPS) is 9.78. The number of hydrogen-bond donors (Lipinski definition) is 3. The molecule has 0 aromatic heterocycles. The zero-order valence-electron chi connectivity index (χ0n) is 10.3. The summed E-state index contributed by atoms with van der Waals surface area (Å²) in [5.41, 5.74) is 6.10. The van der Waals surface area contributed by atoms with E-state index < -0.39 is 6.03 Å². The summed E-state index contributed by atoms with van der Waals surface area (Å²) in [5, 5.41) is 5.70. The van der Waals surface area contributed by atoms with Gasteiger partial charge in [-0.25, -0.2) is 4.79 Å². The van der Waals surface area contributed by atoms with Gasteiger partial charge in [0.2, 0.25) is 0 Å². The van der Waals surface area contributed by atoms with Crippen molar-refractivity contribution in [2.75, 3.05) is 19.7 Å². The fraction of sp³-hybridized carbons (Fsp3) is 0.308. The van der Waals surface area contributed by atoms with E-state index in [2.05, 4.69) is 17.2 Å². The van der Waals surface area contributed by atoms with Gasteiger partial charge in [0, 0.05) is 19.6 Å². The second-order valence-corrected chi connectivity index (χ2v) is 3.71. The molecule has 5 heteroatoms. The molecule has 98 valence electrons. The molecule has 0 saturated carbocycles. The van der Waals surface area contributed by atoms with E-state index in [0.29, 0.717) is 19.7 Å². The third-order valence-electron chi connectivity index (χ3n) is 2.22. The molecule has 0 heterocycles. The Kier molecular flexibility index (Phi) is 6.35. The molecule has 0 aliphatic heterocycles. The Morgan fingerprint density at radius 1 is 1.33 bits per heavy atom. The average Bonchev–Trinajstić information content (AvgIpc) is 2.37. The van der Waals surface area contributed by atoms with Crippen LogP contribution in [0.25, 0.3) is 0 Å². The number of carbonyl (C=O) groups is 1. The van der Waals surface area contributed by atoms with Crippen molar-refractivity contribution < 1.29 is 9.53 Å².